The zero-order valence-corrected chi connectivity index (χ0v) is 16.6. The van der Waals surface area contributed by atoms with Gasteiger partial charge in [-0.3, -0.25) is 9.69 Å². The van der Waals surface area contributed by atoms with Crippen LogP contribution in [0.5, 0.6) is 0 Å². The van der Waals surface area contributed by atoms with Crippen molar-refractivity contribution in [3.8, 4) is 0 Å². The molecule has 2 aliphatic heterocycles. The summed E-state index contributed by atoms with van der Waals surface area (Å²) < 4.78 is 68.7. The van der Waals surface area contributed by atoms with E-state index in [1.807, 2.05) is 0 Å². The second kappa shape index (κ2) is 8.54. The molecule has 2 fully saturated rings. The molecule has 2 aliphatic rings. The van der Waals surface area contributed by atoms with Gasteiger partial charge in [0.1, 0.15) is 28.7 Å². The molecular weight excluding hydrogens is 435 g/mol. The summed E-state index contributed by atoms with van der Waals surface area (Å²) in [4.78, 5) is 25.0. The van der Waals surface area contributed by atoms with Gasteiger partial charge >= 0.3 is 12.2 Å². The molecule has 3 amide bonds. The molecule has 0 unspecified atom stereocenters. The highest BCUT2D eigenvalue weighted by atomic mass is 35.5. The van der Waals surface area contributed by atoms with Crippen molar-refractivity contribution in [3.05, 3.63) is 34.4 Å². The van der Waals surface area contributed by atoms with Crippen LogP contribution >= 0.6 is 11.6 Å². The van der Waals surface area contributed by atoms with Crippen LogP contribution in [0.25, 0.3) is 0 Å². The fourth-order valence-electron chi connectivity index (χ4n) is 3.89. The minimum Gasteiger partial charge on any atom is -0.347 e. The molecule has 1 aromatic rings. The van der Waals surface area contributed by atoms with Crippen LogP contribution in [0, 0.1) is 17.6 Å². The number of amides is 3. The van der Waals surface area contributed by atoms with Crippen molar-refractivity contribution in [1.82, 2.24) is 20.9 Å². The van der Waals surface area contributed by atoms with Gasteiger partial charge in [-0.25, -0.2) is 13.6 Å². The Morgan fingerprint density at radius 3 is 2.63 bits per heavy atom. The Hall–Kier alpha value is -2.14. The Bertz CT molecular complexity index is 838. The molecule has 1 aromatic carbocycles. The van der Waals surface area contributed by atoms with Crippen LogP contribution in [0.2, 0.25) is 5.02 Å². The first-order chi connectivity index (χ1) is 14.0. The van der Waals surface area contributed by atoms with E-state index in [0.717, 1.165) is 17.0 Å². The number of alkyl halides is 3. The first-order valence-electron chi connectivity index (χ1n) is 9.24. The van der Waals surface area contributed by atoms with E-state index in [2.05, 4.69) is 16.0 Å². The normalized spacial score (nSPS) is 26.1. The van der Waals surface area contributed by atoms with E-state index in [1.165, 1.54) is 7.05 Å². The first kappa shape index (κ1) is 22.5. The van der Waals surface area contributed by atoms with Crippen molar-refractivity contribution in [1.29, 1.82) is 0 Å². The van der Waals surface area contributed by atoms with Gasteiger partial charge in [-0.1, -0.05) is 17.7 Å². The lowest BCUT2D eigenvalue weighted by atomic mass is 9.81. The molecule has 2 saturated heterocycles. The maximum atomic E-state index is 14.7. The number of nitrogens with zero attached hydrogens (tertiary/aromatic N) is 1. The van der Waals surface area contributed by atoms with E-state index in [4.69, 9.17) is 11.6 Å². The molecule has 4 atom stereocenters. The van der Waals surface area contributed by atoms with Crippen LogP contribution in [0.15, 0.2) is 12.1 Å². The summed E-state index contributed by atoms with van der Waals surface area (Å²) in [5.41, 5.74) is -0.206. The lowest BCUT2D eigenvalue weighted by Crippen LogP contribution is -2.52. The Morgan fingerprint density at radius 2 is 2.03 bits per heavy atom. The molecule has 0 radical (unpaired) electrons. The fraction of sp³-hybridized carbons (Fsp3) is 0.556. The van der Waals surface area contributed by atoms with E-state index in [0.29, 0.717) is 0 Å². The number of nitrogens with one attached hydrogen (secondary N) is 3. The summed E-state index contributed by atoms with van der Waals surface area (Å²) in [6.45, 7) is 0.0438. The summed E-state index contributed by atoms with van der Waals surface area (Å²) in [5.74, 6) is -3.65. The van der Waals surface area contributed by atoms with Crippen LogP contribution in [0.1, 0.15) is 24.4 Å². The van der Waals surface area contributed by atoms with E-state index in [9.17, 15) is 31.5 Å². The minimum absolute atomic E-state index is 0.0252. The van der Waals surface area contributed by atoms with E-state index in [1.54, 1.807) is 0 Å². The number of halogens is 6. The molecular formula is C18H20ClF5N4O2. The molecule has 3 N–H and O–H groups in total. The molecule has 0 aromatic heterocycles. The smallest absolute Gasteiger partial charge is 0.347 e. The number of likely N-dealkylation sites (tertiary alicyclic amines) is 1. The van der Waals surface area contributed by atoms with Crippen LogP contribution in [-0.4, -0.2) is 55.2 Å². The van der Waals surface area contributed by atoms with Crippen molar-refractivity contribution in [3.63, 3.8) is 0 Å². The Morgan fingerprint density at radius 1 is 1.33 bits per heavy atom. The van der Waals surface area contributed by atoms with Crippen molar-refractivity contribution >= 4 is 23.5 Å². The summed E-state index contributed by atoms with van der Waals surface area (Å²) in [6, 6.07) is -2.54. The molecule has 6 nitrogen and oxygen atoms in total. The van der Waals surface area contributed by atoms with Crippen LogP contribution < -0.4 is 16.0 Å². The fourth-order valence-corrected chi connectivity index (χ4v) is 4.07. The highest BCUT2D eigenvalue weighted by Crippen LogP contribution is 2.40. The summed E-state index contributed by atoms with van der Waals surface area (Å²) in [5, 5.41) is 6.49. The van der Waals surface area contributed by atoms with Crippen molar-refractivity contribution in [2.45, 2.75) is 37.1 Å². The summed E-state index contributed by atoms with van der Waals surface area (Å²) in [6.07, 6.45) is -4.67. The van der Waals surface area contributed by atoms with Gasteiger partial charge in [0.25, 0.3) is 0 Å². The summed E-state index contributed by atoms with van der Waals surface area (Å²) >= 11 is 5.66. The van der Waals surface area contributed by atoms with E-state index >= 15 is 0 Å². The van der Waals surface area contributed by atoms with Gasteiger partial charge in [-0.2, -0.15) is 13.2 Å². The van der Waals surface area contributed by atoms with Gasteiger partial charge in [-0.15, -0.1) is 0 Å². The third kappa shape index (κ3) is 4.61. The van der Waals surface area contributed by atoms with Crippen LogP contribution in [0.3, 0.4) is 0 Å². The number of hydrogen-bond donors (Lipinski definition) is 3. The molecule has 0 aliphatic carbocycles. The highest BCUT2D eigenvalue weighted by Gasteiger charge is 2.47. The second-order valence-corrected chi connectivity index (χ2v) is 7.86. The van der Waals surface area contributed by atoms with Crippen LogP contribution in [0.4, 0.5) is 26.7 Å². The SMILES string of the molecule is CN1CC[C@H]([C@@H](NC(=O)[C@@H]2CNC(=O)N2)c2ccc(F)c(Cl)c2F)C[C@@H]1C(F)(F)F. The van der Waals surface area contributed by atoms with Gasteiger partial charge < -0.3 is 16.0 Å². The van der Waals surface area contributed by atoms with Crippen molar-refractivity contribution < 1.29 is 31.5 Å². The first-order valence-corrected chi connectivity index (χ1v) is 9.62. The second-order valence-electron chi connectivity index (χ2n) is 7.48. The molecule has 0 saturated carbocycles. The number of rotatable bonds is 4. The zero-order valence-electron chi connectivity index (χ0n) is 15.8. The quantitative estimate of drug-likeness (QED) is 0.484. The lowest BCUT2D eigenvalue weighted by molar-refractivity contribution is -0.192. The lowest BCUT2D eigenvalue weighted by Gasteiger charge is -2.41. The van der Waals surface area contributed by atoms with Gasteiger partial charge in [0.05, 0.1) is 6.04 Å². The van der Waals surface area contributed by atoms with E-state index in [-0.39, 0.29) is 25.1 Å². The molecule has 2 heterocycles. The zero-order chi connectivity index (χ0) is 22.2. The predicted octanol–water partition coefficient (Wildman–Crippen LogP) is 2.73. The van der Waals surface area contributed by atoms with Crippen molar-refractivity contribution in [2.24, 2.45) is 5.92 Å². The average Bonchev–Trinajstić information content (AvgIpc) is 3.11. The minimum atomic E-state index is -4.51. The molecule has 0 bridgehead atoms. The third-order valence-corrected chi connectivity index (χ3v) is 5.89. The van der Waals surface area contributed by atoms with Crippen molar-refractivity contribution in [2.75, 3.05) is 20.1 Å². The molecule has 30 heavy (non-hydrogen) atoms. The third-order valence-electron chi connectivity index (χ3n) is 5.55. The van der Waals surface area contributed by atoms with Gasteiger partial charge in [-0.05, 0) is 38.4 Å². The summed E-state index contributed by atoms with van der Waals surface area (Å²) in [7, 11) is 1.34. The number of carbonyl (C=O) groups is 2. The topological polar surface area (TPSA) is 73.5 Å². The Balaban J connectivity index is 1.92. The number of hydrogen-bond acceptors (Lipinski definition) is 3. The average molecular weight is 455 g/mol. The molecule has 3 rings (SSSR count). The molecule has 12 heteroatoms. The number of piperidine rings is 1. The van der Waals surface area contributed by atoms with Crippen LogP contribution in [-0.2, 0) is 4.79 Å². The maximum Gasteiger partial charge on any atom is 0.404 e. The maximum absolute atomic E-state index is 14.7. The molecule has 0 spiro atoms. The predicted molar refractivity (Wildman–Crippen MR) is 97.8 cm³/mol. The molecule has 166 valence electrons. The highest BCUT2D eigenvalue weighted by molar-refractivity contribution is 6.31. The van der Waals surface area contributed by atoms with Gasteiger partial charge in [0.2, 0.25) is 5.91 Å². The number of urea groups is 1. The van der Waals surface area contributed by atoms with Gasteiger partial charge in [0.15, 0.2) is 0 Å². The Kier molecular flexibility index (Phi) is 6.42. The largest absolute Gasteiger partial charge is 0.404 e. The number of benzene rings is 1. The van der Waals surface area contributed by atoms with E-state index < -0.39 is 65.2 Å². The standard InChI is InChI=1S/C18H20ClF5N4O2/c1-28-5-4-8(6-12(28)18(22,23)24)15(9-2-3-10(20)13(19)14(9)21)27-16(29)11-7-25-17(30)26-11/h2-3,8,11-12,15H,4-7H2,1H3,(H,27,29)(H2,25,26,30)/t8-,11-,12+,15+/m0/s1. The monoisotopic (exact) mass is 454 g/mol. The number of carbonyl (C=O) groups excluding carboxylic acids is 2. The van der Waals surface area contributed by atoms with Gasteiger partial charge in [0, 0.05) is 12.1 Å². The Labute approximate surface area is 174 Å².